The van der Waals surface area contributed by atoms with E-state index in [0.29, 0.717) is 13.0 Å². The molecule has 4 heteroatoms. The monoisotopic (exact) mass is 314 g/mol. The van der Waals surface area contributed by atoms with Crippen LogP contribution in [0.25, 0.3) is 0 Å². The van der Waals surface area contributed by atoms with E-state index >= 15 is 0 Å². The molecular formula is C11H11IN2O. The van der Waals surface area contributed by atoms with E-state index in [-0.39, 0.29) is 11.8 Å². The highest BCUT2D eigenvalue weighted by molar-refractivity contribution is 14.1. The minimum atomic E-state index is 0.133. The number of rotatable bonds is 2. The maximum absolute atomic E-state index is 11.7. The van der Waals surface area contributed by atoms with E-state index in [4.69, 9.17) is 0 Å². The number of hydrogen-bond acceptors (Lipinski definition) is 2. The van der Waals surface area contributed by atoms with Crippen LogP contribution in [0.15, 0.2) is 31.0 Å². The smallest absolute Gasteiger partial charge is 0.228 e. The molecule has 1 saturated heterocycles. The normalized spacial score (nSPS) is 20.7. The van der Waals surface area contributed by atoms with Gasteiger partial charge in [0.1, 0.15) is 5.82 Å². The highest BCUT2D eigenvalue weighted by Crippen LogP contribution is 2.23. The average Bonchev–Trinajstić information content (AvgIpc) is 2.61. The van der Waals surface area contributed by atoms with Gasteiger partial charge in [0.25, 0.3) is 0 Å². The number of carbonyl (C=O) groups is 1. The van der Waals surface area contributed by atoms with Gasteiger partial charge in [-0.25, -0.2) is 4.98 Å². The third kappa shape index (κ3) is 2.19. The summed E-state index contributed by atoms with van der Waals surface area (Å²) in [5.74, 6) is 1.14. The lowest BCUT2D eigenvalue weighted by Crippen LogP contribution is -2.25. The molecule has 1 amide bonds. The lowest BCUT2D eigenvalue weighted by Gasteiger charge is -2.14. The number of aromatic nitrogens is 1. The van der Waals surface area contributed by atoms with Gasteiger partial charge in [-0.05, 0) is 34.7 Å². The lowest BCUT2D eigenvalue weighted by molar-refractivity contribution is -0.117. The van der Waals surface area contributed by atoms with Gasteiger partial charge in [0, 0.05) is 28.7 Å². The van der Waals surface area contributed by atoms with Crippen molar-refractivity contribution in [3.8, 4) is 0 Å². The first-order valence-corrected chi connectivity index (χ1v) is 5.83. The van der Waals surface area contributed by atoms with E-state index in [1.807, 2.05) is 18.2 Å². The van der Waals surface area contributed by atoms with Crippen LogP contribution in [0.4, 0.5) is 5.82 Å². The molecule has 0 N–H and O–H groups in total. The summed E-state index contributed by atoms with van der Waals surface area (Å²) < 4.78 is 1.07. The van der Waals surface area contributed by atoms with E-state index in [9.17, 15) is 4.79 Å². The van der Waals surface area contributed by atoms with Gasteiger partial charge in [0.15, 0.2) is 0 Å². The van der Waals surface area contributed by atoms with Crippen LogP contribution >= 0.6 is 22.6 Å². The minimum Gasteiger partial charge on any atom is -0.296 e. The van der Waals surface area contributed by atoms with Crippen molar-refractivity contribution >= 4 is 34.3 Å². The van der Waals surface area contributed by atoms with Gasteiger partial charge in [-0.1, -0.05) is 6.08 Å². The van der Waals surface area contributed by atoms with Gasteiger partial charge in [-0.15, -0.1) is 6.58 Å². The Hall–Kier alpha value is -0.910. The Balaban J connectivity index is 2.21. The Labute approximate surface area is 102 Å². The summed E-state index contributed by atoms with van der Waals surface area (Å²) in [7, 11) is 0. The molecule has 1 atom stereocenters. The van der Waals surface area contributed by atoms with Crippen molar-refractivity contribution in [2.24, 2.45) is 5.92 Å². The highest BCUT2D eigenvalue weighted by atomic mass is 127. The van der Waals surface area contributed by atoms with Crippen LogP contribution < -0.4 is 4.90 Å². The molecule has 1 unspecified atom stereocenters. The molecule has 1 aromatic heterocycles. The third-order valence-electron chi connectivity index (χ3n) is 2.48. The Kier molecular flexibility index (Phi) is 3.04. The summed E-state index contributed by atoms with van der Waals surface area (Å²) in [4.78, 5) is 17.6. The number of nitrogens with zero attached hydrogens (tertiary/aromatic N) is 2. The number of anilines is 1. The maximum atomic E-state index is 11.7. The first-order chi connectivity index (χ1) is 7.20. The second-order valence-corrected chi connectivity index (χ2v) is 4.78. The van der Waals surface area contributed by atoms with E-state index in [1.54, 1.807) is 11.1 Å². The average molecular weight is 314 g/mol. The van der Waals surface area contributed by atoms with Crippen molar-refractivity contribution in [2.75, 3.05) is 11.4 Å². The summed E-state index contributed by atoms with van der Waals surface area (Å²) in [5, 5.41) is 0. The zero-order valence-electron chi connectivity index (χ0n) is 8.19. The Bertz CT molecular complexity index is 388. The summed E-state index contributed by atoms with van der Waals surface area (Å²) in [6.45, 7) is 4.42. The predicted molar refractivity (Wildman–Crippen MR) is 67.6 cm³/mol. The number of halogens is 1. The molecule has 0 aliphatic carbocycles. The van der Waals surface area contributed by atoms with Crippen molar-refractivity contribution in [1.29, 1.82) is 0 Å². The maximum Gasteiger partial charge on any atom is 0.228 e. The second-order valence-electron chi connectivity index (χ2n) is 3.54. The largest absolute Gasteiger partial charge is 0.296 e. The molecule has 3 nitrogen and oxygen atoms in total. The summed E-state index contributed by atoms with van der Waals surface area (Å²) in [6.07, 6.45) is 4.16. The molecule has 0 spiro atoms. The van der Waals surface area contributed by atoms with Crippen LogP contribution in [0, 0.1) is 9.49 Å². The van der Waals surface area contributed by atoms with E-state index < -0.39 is 0 Å². The van der Waals surface area contributed by atoms with Gasteiger partial charge in [-0.3, -0.25) is 9.69 Å². The topological polar surface area (TPSA) is 33.2 Å². The van der Waals surface area contributed by atoms with Crippen molar-refractivity contribution in [2.45, 2.75) is 6.42 Å². The summed E-state index contributed by atoms with van der Waals surface area (Å²) >= 11 is 2.19. The zero-order chi connectivity index (χ0) is 10.8. The summed E-state index contributed by atoms with van der Waals surface area (Å²) in [6, 6.07) is 3.84. The van der Waals surface area contributed by atoms with Gasteiger partial charge in [-0.2, -0.15) is 0 Å². The van der Waals surface area contributed by atoms with Crippen molar-refractivity contribution in [3.05, 3.63) is 34.6 Å². The standard InChI is InChI=1S/C11H11IN2O/c1-2-8-5-11(15)14(7-8)10-4-3-9(12)6-13-10/h2-4,6,8H,1,5,7H2. The molecule has 1 aliphatic heterocycles. The lowest BCUT2D eigenvalue weighted by atomic mass is 10.1. The van der Waals surface area contributed by atoms with Crippen LogP contribution in [0.2, 0.25) is 0 Å². The van der Waals surface area contributed by atoms with E-state index in [2.05, 4.69) is 34.2 Å². The number of amides is 1. The first kappa shape index (κ1) is 10.6. The Morgan fingerprint density at radius 1 is 1.60 bits per heavy atom. The molecule has 0 bridgehead atoms. The molecule has 1 fully saturated rings. The van der Waals surface area contributed by atoms with Crippen molar-refractivity contribution < 1.29 is 4.79 Å². The van der Waals surface area contributed by atoms with Gasteiger partial charge >= 0.3 is 0 Å². The fourth-order valence-electron chi connectivity index (χ4n) is 1.64. The minimum absolute atomic E-state index is 0.133. The molecule has 0 saturated carbocycles. The molecule has 1 aromatic rings. The van der Waals surface area contributed by atoms with Crippen molar-refractivity contribution in [1.82, 2.24) is 4.98 Å². The van der Waals surface area contributed by atoms with E-state index in [1.165, 1.54) is 0 Å². The zero-order valence-corrected chi connectivity index (χ0v) is 10.3. The van der Waals surface area contributed by atoms with Crippen LogP contribution in [-0.4, -0.2) is 17.4 Å². The van der Waals surface area contributed by atoms with Gasteiger partial charge < -0.3 is 0 Å². The van der Waals surface area contributed by atoms with Crippen LogP contribution in [0.5, 0.6) is 0 Å². The molecule has 15 heavy (non-hydrogen) atoms. The molecular weight excluding hydrogens is 303 g/mol. The number of carbonyl (C=O) groups excluding carboxylic acids is 1. The van der Waals surface area contributed by atoms with Gasteiger partial charge in [0.2, 0.25) is 5.91 Å². The Morgan fingerprint density at radius 2 is 2.40 bits per heavy atom. The van der Waals surface area contributed by atoms with Crippen LogP contribution in [0.1, 0.15) is 6.42 Å². The second kappa shape index (κ2) is 4.30. The molecule has 2 heterocycles. The quantitative estimate of drug-likeness (QED) is 0.619. The molecule has 2 rings (SSSR count). The molecule has 78 valence electrons. The third-order valence-corrected chi connectivity index (χ3v) is 3.11. The van der Waals surface area contributed by atoms with Gasteiger partial charge in [0.05, 0.1) is 0 Å². The van der Waals surface area contributed by atoms with Crippen LogP contribution in [-0.2, 0) is 4.79 Å². The first-order valence-electron chi connectivity index (χ1n) is 4.75. The SMILES string of the molecule is C=CC1CC(=O)N(c2ccc(I)cn2)C1. The molecule has 0 aromatic carbocycles. The van der Waals surface area contributed by atoms with Crippen molar-refractivity contribution in [3.63, 3.8) is 0 Å². The molecule has 1 aliphatic rings. The fraction of sp³-hybridized carbons (Fsp3) is 0.273. The predicted octanol–water partition coefficient (Wildman–Crippen LogP) is 2.23. The van der Waals surface area contributed by atoms with Crippen LogP contribution in [0.3, 0.4) is 0 Å². The highest BCUT2D eigenvalue weighted by Gasteiger charge is 2.29. The summed E-state index contributed by atoms with van der Waals surface area (Å²) in [5.41, 5.74) is 0. The molecule has 0 radical (unpaired) electrons. The van der Waals surface area contributed by atoms with E-state index in [0.717, 1.165) is 9.39 Å². The number of hydrogen-bond donors (Lipinski definition) is 0. The fourth-order valence-corrected chi connectivity index (χ4v) is 1.96. The Morgan fingerprint density at radius 3 is 2.93 bits per heavy atom. The number of pyridine rings is 1.